The molecule has 19 heavy (non-hydrogen) atoms. The van der Waals surface area contributed by atoms with Gasteiger partial charge in [0.05, 0.1) is 11.7 Å². The zero-order chi connectivity index (χ0) is 13.8. The van der Waals surface area contributed by atoms with Gasteiger partial charge in [0.15, 0.2) is 0 Å². The second-order valence-corrected chi connectivity index (χ2v) is 6.62. The van der Waals surface area contributed by atoms with E-state index in [2.05, 4.69) is 65.6 Å². The van der Waals surface area contributed by atoms with E-state index in [9.17, 15) is 0 Å². The molecule has 0 amide bonds. The summed E-state index contributed by atoms with van der Waals surface area (Å²) >= 11 is 5.28. The summed E-state index contributed by atoms with van der Waals surface area (Å²) in [6, 6.07) is 8.60. The average molecular weight is 339 g/mol. The van der Waals surface area contributed by atoms with Crippen molar-refractivity contribution in [3.63, 3.8) is 0 Å². The largest absolute Gasteiger partial charge is 0.305 e. The Kier molecular flexibility index (Phi) is 5.13. The fourth-order valence-corrected chi connectivity index (χ4v) is 3.43. The summed E-state index contributed by atoms with van der Waals surface area (Å²) < 4.78 is 1.11. The highest BCUT2D eigenvalue weighted by molar-refractivity contribution is 9.10. The number of hydrogen-bond donors (Lipinski definition) is 1. The van der Waals surface area contributed by atoms with Gasteiger partial charge in [0.1, 0.15) is 5.01 Å². The summed E-state index contributed by atoms with van der Waals surface area (Å²) in [5, 5.41) is 6.83. The molecular formula is C15H19BrN2S. The van der Waals surface area contributed by atoms with Crippen LogP contribution in [0.5, 0.6) is 0 Å². The van der Waals surface area contributed by atoms with Crippen LogP contribution < -0.4 is 5.32 Å². The van der Waals surface area contributed by atoms with Gasteiger partial charge in [0, 0.05) is 9.85 Å². The minimum atomic E-state index is 0.181. The maximum Gasteiger partial charge on any atom is 0.114 e. The van der Waals surface area contributed by atoms with Crippen molar-refractivity contribution >= 4 is 27.3 Å². The first-order valence-electron chi connectivity index (χ1n) is 6.56. The number of aromatic nitrogens is 1. The number of benzene rings is 1. The van der Waals surface area contributed by atoms with Crippen molar-refractivity contribution in [1.82, 2.24) is 10.3 Å². The Bertz CT molecular complexity index is 536. The van der Waals surface area contributed by atoms with E-state index in [4.69, 9.17) is 4.98 Å². The van der Waals surface area contributed by atoms with E-state index in [0.717, 1.165) is 16.0 Å². The van der Waals surface area contributed by atoms with Gasteiger partial charge in [-0.2, -0.15) is 0 Å². The molecule has 1 N–H and O–H groups in total. The molecule has 1 heterocycles. The molecule has 2 rings (SSSR count). The standard InChI is InChI=1S/C15H19BrN2S/c1-4-17-14(11-6-5-7-12(16)8-11)15-18-13(9-19-15)10(2)3/h5-10,14,17H,4H2,1-3H3. The third-order valence-electron chi connectivity index (χ3n) is 2.97. The Hall–Kier alpha value is -0.710. The van der Waals surface area contributed by atoms with Crippen LogP contribution >= 0.6 is 27.3 Å². The fraction of sp³-hybridized carbons (Fsp3) is 0.400. The van der Waals surface area contributed by atoms with Crippen molar-refractivity contribution in [2.45, 2.75) is 32.7 Å². The van der Waals surface area contributed by atoms with E-state index >= 15 is 0 Å². The van der Waals surface area contributed by atoms with Crippen LogP contribution in [-0.4, -0.2) is 11.5 Å². The van der Waals surface area contributed by atoms with Crippen molar-refractivity contribution in [3.05, 3.63) is 50.4 Å². The Morgan fingerprint density at radius 3 is 2.74 bits per heavy atom. The second kappa shape index (κ2) is 6.64. The topological polar surface area (TPSA) is 24.9 Å². The summed E-state index contributed by atoms with van der Waals surface area (Å²) in [7, 11) is 0. The van der Waals surface area contributed by atoms with E-state index in [1.807, 2.05) is 6.07 Å². The summed E-state index contributed by atoms with van der Waals surface area (Å²) in [4.78, 5) is 4.78. The Morgan fingerprint density at radius 2 is 2.16 bits per heavy atom. The van der Waals surface area contributed by atoms with Gasteiger partial charge >= 0.3 is 0 Å². The van der Waals surface area contributed by atoms with Gasteiger partial charge in [0.2, 0.25) is 0 Å². The van der Waals surface area contributed by atoms with Crippen LogP contribution in [-0.2, 0) is 0 Å². The first-order valence-corrected chi connectivity index (χ1v) is 8.23. The molecule has 0 bridgehead atoms. The van der Waals surface area contributed by atoms with E-state index in [0.29, 0.717) is 5.92 Å². The van der Waals surface area contributed by atoms with Gasteiger partial charge in [-0.3, -0.25) is 0 Å². The predicted octanol–water partition coefficient (Wildman–Crippen LogP) is 4.73. The van der Waals surface area contributed by atoms with Gasteiger partial charge in [-0.05, 0) is 30.2 Å². The molecule has 0 radical (unpaired) electrons. The molecule has 0 spiro atoms. The first kappa shape index (κ1) is 14.7. The normalized spacial score (nSPS) is 12.9. The van der Waals surface area contributed by atoms with E-state index in [1.165, 1.54) is 11.3 Å². The predicted molar refractivity (Wildman–Crippen MR) is 85.9 cm³/mol. The lowest BCUT2D eigenvalue weighted by molar-refractivity contribution is 0.623. The number of rotatable bonds is 5. The molecule has 102 valence electrons. The zero-order valence-electron chi connectivity index (χ0n) is 11.5. The third-order valence-corrected chi connectivity index (χ3v) is 4.39. The third kappa shape index (κ3) is 3.65. The van der Waals surface area contributed by atoms with Gasteiger partial charge in [-0.25, -0.2) is 4.98 Å². The number of thiazole rings is 1. The highest BCUT2D eigenvalue weighted by Crippen LogP contribution is 2.28. The van der Waals surface area contributed by atoms with Gasteiger partial charge < -0.3 is 5.32 Å². The number of nitrogens with zero attached hydrogens (tertiary/aromatic N) is 1. The maximum atomic E-state index is 4.78. The number of halogens is 1. The zero-order valence-corrected chi connectivity index (χ0v) is 13.9. The first-order chi connectivity index (χ1) is 9.11. The summed E-state index contributed by atoms with van der Waals surface area (Å²) in [5.74, 6) is 0.481. The Morgan fingerprint density at radius 1 is 1.37 bits per heavy atom. The molecule has 0 saturated carbocycles. The highest BCUT2D eigenvalue weighted by atomic mass is 79.9. The molecule has 0 aliphatic rings. The number of hydrogen-bond acceptors (Lipinski definition) is 3. The summed E-state index contributed by atoms with van der Waals surface area (Å²) in [5.41, 5.74) is 2.43. The minimum absolute atomic E-state index is 0.181. The molecule has 4 heteroatoms. The molecule has 1 aromatic heterocycles. The molecule has 1 aromatic carbocycles. The van der Waals surface area contributed by atoms with E-state index in [1.54, 1.807) is 11.3 Å². The van der Waals surface area contributed by atoms with Crippen molar-refractivity contribution in [2.24, 2.45) is 0 Å². The molecule has 2 nitrogen and oxygen atoms in total. The van der Waals surface area contributed by atoms with Crippen molar-refractivity contribution in [3.8, 4) is 0 Å². The highest BCUT2D eigenvalue weighted by Gasteiger charge is 2.17. The molecule has 1 atom stereocenters. The quantitative estimate of drug-likeness (QED) is 0.852. The van der Waals surface area contributed by atoms with E-state index in [-0.39, 0.29) is 6.04 Å². The SMILES string of the molecule is CCNC(c1cccc(Br)c1)c1nc(C(C)C)cs1. The molecule has 0 aliphatic carbocycles. The Balaban J connectivity index is 2.33. The molecule has 0 saturated heterocycles. The molecule has 1 unspecified atom stereocenters. The lowest BCUT2D eigenvalue weighted by atomic mass is 10.1. The summed E-state index contributed by atoms with van der Waals surface area (Å²) in [6.07, 6.45) is 0. The van der Waals surface area contributed by atoms with Gasteiger partial charge in [-0.1, -0.05) is 48.8 Å². The summed E-state index contributed by atoms with van der Waals surface area (Å²) in [6.45, 7) is 7.41. The molecule has 0 fully saturated rings. The van der Waals surface area contributed by atoms with Crippen molar-refractivity contribution in [1.29, 1.82) is 0 Å². The molecular weight excluding hydrogens is 320 g/mol. The van der Waals surface area contributed by atoms with Crippen molar-refractivity contribution < 1.29 is 0 Å². The van der Waals surface area contributed by atoms with Crippen LogP contribution in [0.25, 0.3) is 0 Å². The minimum Gasteiger partial charge on any atom is -0.305 e. The lowest BCUT2D eigenvalue weighted by Crippen LogP contribution is -2.21. The average Bonchev–Trinajstić information content (AvgIpc) is 2.85. The smallest absolute Gasteiger partial charge is 0.114 e. The lowest BCUT2D eigenvalue weighted by Gasteiger charge is -2.16. The number of nitrogens with one attached hydrogen (secondary N) is 1. The molecule has 0 aliphatic heterocycles. The monoisotopic (exact) mass is 338 g/mol. The van der Waals surface area contributed by atoms with Crippen LogP contribution in [0.4, 0.5) is 0 Å². The van der Waals surface area contributed by atoms with Crippen LogP contribution in [0, 0.1) is 0 Å². The second-order valence-electron chi connectivity index (χ2n) is 4.81. The van der Waals surface area contributed by atoms with Gasteiger partial charge in [0.25, 0.3) is 0 Å². The maximum absolute atomic E-state index is 4.78. The van der Waals surface area contributed by atoms with Crippen LogP contribution in [0.15, 0.2) is 34.1 Å². The van der Waals surface area contributed by atoms with Crippen LogP contribution in [0.3, 0.4) is 0 Å². The Labute approximate surface area is 127 Å². The van der Waals surface area contributed by atoms with Crippen molar-refractivity contribution in [2.75, 3.05) is 6.54 Å². The van der Waals surface area contributed by atoms with Gasteiger partial charge in [-0.15, -0.1) is 11.3 Å². The van der Waals surface area contributed by atoms with Crippen LogP contribution in [0.1, 0.15) is 49.0 Å². The van der Waals surface area contributed by atoms with E-state index < -0.39 is 0 Å². The fourth-order valence-electron chi connectivity index (χ4n) is 1.94. The molecule has 2 aromatic rings. The van der Waals surface area contributed by atoms with Crippen LogP contribution in [0.2, 0.25) is 0 Å².